The molecule has 0 bridgehead atoms. The number of esters is 1. The van der Waals surface area contributed by atoms with Gasteiger partial charge in [-0.2, -0.15) is 0 Å². The lowest BCUT2D eigenvalue weighted by Gasteiger charge is -2.24. The van der Waals surface area contributed by atoms with Crippen molar-refractivity contribution in [1.29, 1.82) is 0 Å². The number of fused-ring (bicyclic) bond motifs is 1. The normalized spacial score (nSPS) is 15.5. The third-order valence-electron chi connectivity index (χ3n) is 5.26. The van der Waals surface area contributed by atoms with Gasteiger partial charge < -0.3 is 9.84 Å². The molecule has 35 heavy (non-hydrogen) atoms. The number of allylic oxidation sites excluding steroid dienone is 1. The van der Waals surface area contributed by atoms with Crippen LogP contribution in [0.5, 0.6) is 5.75 Å². The minimum absolute atomic E-state index is 0.172. The molecular formula is C23H17BrIN3O6S. The van der Waals surface area contributed by atoms with Crippen LogP contribution in [0, 0.1) is 13.7 Å². The highest BCUT2D eigenvalue weighted by Gasteiger charge is 2.33. The summed E-state index contributed by atoms with van der Waals surface area (Å²) < 4.78 is 8.12. The Kier molecular flexibility index (Phi) is 7.24. The van der Waals surface area contributed by atoms with Crippen LogP contribution in [-0.4, -0.2) is 27.2 Å². The summed E-state index contributed by atoms with van der Waals surface area (Å²) in [6.45, 7) is 3.57. The SMILES string of the molecule is CCOC(=O)C1=C(C)N=c2s/c(=C\c3cc(I)c(O)c([N+](=O)[O-])c3)c(=O)n2[C@@H]1c1ccc(Br)cc1. The van der Waals surface area contributed by atoms with Crippen LogP contribution < -0.4 is 14.9 Å². The number of thiazole rings is 1. The fourth-order valence-corrected chi connectivity index (χ4v) is 5.68. The summed E-state index contributed by atoms with van der Waals surface area (Å²) in [6, 6.07) is 9.27. The fourth-order valence-electron chi connectivity index (χ4n) is 3.73. The van der Waals surface area contributed by atoms with Gasteiger partial charge >= 0.3 is 11.7 Å². The van der Waals surface area contributed by atoms with Crippen molar-refractivity contribution < 1.29 is 19.6 Å². The predicted molar refractivity (Wildman–Crippen MR) is 142 cm³/mol. The van der Waals surface area contributed by atoms with Gasteiger partial charge in [0.2, 0.25) is 5.75 Å². The lowest BCUT2D eigenvalue weighted by molar-refractivity contribution is -0.386. The number of phenolic OH excluding ortho intramolecular Hbond substituents is 1. The van der Waals surface area contributed by atoms with Gasteiger partial charge in [-0.25, -0.2) is 9.79 Å². The Morgan fingerprint density at radius 1 is 1.37 bits per heavy atom. The van der Waals surface area contributed by atoms with E-state index in [9.17, 15) is 24.8 Å². The minimum atomic E-state index is -0.755. The topological polar surface area (TPSA) is 124 Å². The molecule has 1 aliphatic rings. The Labute approximate surface area is 224 Å². The average molecular weight is 670 g/mol. The maximum atomic E-state index is 13.6. The number of hydrogen-bond acceptors (Lipinski definition) is 8. The van der Waals surface area contributed by atoms with Crippen molar-refractivity contribution in [1.82, 2.24) is 4.57 Å². The average Bonchev–Trinajstić information content (AvgIpc) is 3.10. The van der Waals surface area contributed by atoms with Crippen LogP contribution >= 0.6 is 49.9 Å². The zero-order chi connectivity index (χ0) is 25.4. The largest absolute Gasteiger partial charge is 0.501 e. The summed E-state index contributed by atoms with van der Waals surface area (Å²) >= 11 is 6.31. The van der Waals surface area contributed by atoms with E-state index >= 15 is 0 Å². The fraction of sp³-hybridized carbons (Fsp3) is 0.174. The van der Waals surface area contributed by atoms with E-state index in [0.29, 0.717) is 21.6 Å². The van der Waals surface area contributed by atoms with Crippen LogP contribution in [0.25, 0.3) is 6.08 Å². The van der Waals surface area contributed by atoms with Crippen molar-refractivity contribution in [2.24, 2.45) is 4.99 Å². The number of hydrogen-bond donors (Lipinski definition) is 1. The lowest BCUT2D eigenvalue weighted by Crippen LogP contribution is -2.39. The first-order valence-electron chi connectivity index (χ1n) is 10.2. The standard InChI is InChI=1S/C23H17BrIN3O6S/c1-3-34-22(31)18-11(2)26-23-27(19(18)13-4-6-14(24)7-5-13)21(30)17(35-23)10-12-8-15(25)20(29)16(9-12)28(32)33/h4-10,19,29H,3H2,1-2H3/b17-10-/t19-/m1/s1. The molecule has 0 unspecified atom stereocenters. The molecule has 0 amide bonds. The monoisotopic (exact) mass is 669 g/mol. The molecule has 0 saturated heterocycles. The van der Waals surface area contributed by atoms with Crippen LogP contribution in [0.1, 0.15) is 31.0 Å². The van der Waals surface area contributed by atoms with Crippen LogP contribution in [0.2, 0.25) is 0 Å². The Morgan fingerprint density at radius 3 is 2.69 bits per heavy atom. The van der Waals surface area contributed by atoms with Gasteiger partial charge in [0.15, 0.2) is 4.80 Å². The van der Waals surface area contributed by atoms with Crippen molar-refractivity contribution in [2.45, 2.75) is 19.9 Å². The minimum Gasteiger partial charge on any atom is -0.501 e. The van der Waals surface area contributed by atoms with Gasteiger partial charge in [0.25, 0.3) is 5.56 Å². The van der Waals surface area contributed by atoms with E-state index in [-0.39, 0.29) is 20.3 Å². The summed E-state index contributed by atoms with van der Waals surface area (Å²) in [5, 5.41) is 21.3. The number of carbonyl (C=O) groups excluding carboxylic acids is 1. The molecule has 0 radical (unpaired) electrons. The maximum absolute atomic E-state index is 13.6. The zero-order valence-electron chi connectivity index (χ0n) is 18.3. The molecule has 0 fully saturated rings. The third kappa shape index (κ3) is 4.82. The first-order valence-corrected chi connectivity index (χ1v) is 12.9. The van der Waals surface area contributed by atoms with Gasteiger partial charge in [0.1, 0.15) is 0 Å². The Hall–Kier alpha value is -2.84. The summed E-state index contributed by atoms with van der Waals surface area (Å²) in [4.78, 5) is 42.0. The third-order valence-corrected chi connectivity index (χ3v) is 7.60. The number of rotatable bonds is 5. The second-order valence-corrected chi connectivity index (χ2v) is 10.6. The molecular weight excluding hydrogens is 653 g/mol. The molecule has 1 N–H and O–H groups in total. The number of halogens is 2. The second-order valence-electron chi connectivity index (χ2n) is 7.48. The van der Waals surface area contributed by atoms with Crippen LogP contribution in [0.3, 0.4) is 0 Å². The number of ether oxygens (including phenoxy) is 1. The van der Waals surface area contributed by atoms with Gasteiger partial charge in [-0.1, -0.05) is 39.4 Å². The predicted octanol–water partition coefficient (Wildman–Crippen LogP) is 3.78. The first-order chi connectivity index (χ1) is 16.6. The van der Waals surface area contributed by atoms with Crippen molar-refractivity contribution >= 4 is 67.6 Å². The number of nitro benzene ring substituents is 1. The van der Waals surface area contributed by atoms with Gasteiger partial charge in [0.05, 0.1) is 36.9 Å². The molecule has 0 aliphatic carbocycles. The Balaban J connectivity index is 1.96. The number of nitrogens with zero attached hydrogens (tertiary/aromatic N) is 3. The molecule has 2 aromatic carbocycles. The number of phenols is 1. The van der Waals surface area contributed by atoms with Crippen molar-refractivity contribution in [2.75, 3.05) is 6.61 Å². The van der Waals surface area contributed by atoms with E-state index in [1.807, 2.05) is 24.3 Å². The van der Waals surface area contributed by atoms with E-state index in [1.165, 1.54) is 16.7 Å². The molecule has 4 rings (SSSR count). The summed E-state index contributed by atoms with van der Waals surface area (Å²) in [5.74, 6) is -0.987. The van der Waals surface area contributed by atoms with E-state index in [0.717, 1.165) is 15.8 Å². The Bertz CT molecular complexity index is 1580. The summed E-state index contributed by atoms with van der Waals surface area (Å²) in [7, 11) is 0. The quantitative estimate of drug-likeness (QED) is 0.191. The van der Waals surface area contributed by atoms with Crippen LogP contribution in [0.4, 0.5) is 5.69 Å². The number of aromatic hydroxyl groups is 1. The van der Waals surface area contributed by atoms with Gasteiger partial charge in [-0.15, -0.1) is 0 Å². The molecule has 9 nitrogen and oxygen atoms in total. The number of nitro groups is 1. The smallest absolute Gasteiger partial charge is 0.338 e. The number of carbonyl (C=O) groups is 1. The van der Waals surface area contributed by atoms with Crippen molar-refractivity contribution in [3.8, 4) is 5.75 Å². The van der Waals surface area contributed by atoms with E-state index in [1.54, 1.807) is 42.5 Å². The number of aromatic nitrogens is 1. The van der Waals surface area contributed by atoms with Gasteiger partial charge in [-0.3, -0.25) is 19.5 Å². The number of benzene rings is 2. The lowest BCUT2D eigenvalue weighted by atomic mass is 9.96. The van der Waals surface area contributed by atoms with Gasteiger partial charge in [0, 0.05) is 10.5 Å². The van der Waals surface area contributed by atoms with Crippen LogP contribution in [-0.2, 0) is 9.53 Å². The van der Waals surface area contributed by atoms with E-state index < -0.39 is 33.9 Å². The molecule has 12 heteroatoms. The molecule has 0 saturated carbocycles. The second kappa shape index (κ2) is 10.0. The van der Waals surface area contributed by atoms with E-state index in [4.69, 9.17) is 4.74 Å². The molecule has 1 aromatic heterocycles. The molecule has 1 atom stereocenters. The molecule has 180 valence electrons. The molecule has 1 aliphatic heterocycles. The highest BCUT2D eigenvalue weighted by atomic mass is 127. The zero-order valence-corrected chi connectivity index (χ0v) is 22.9. The highest BCUT2D eigenvalue weighted by Crippen LogP contribution is 2.33. The van der Waals surface area contributed by atoms with Gasteiger partial charge in [-0.05, 0) is 71.8 Å². The van der Waals surface area contributed by atoms with Crippen molar-refractivity contribution in [3.63, 3.8) is 0 Å². The Morgan fingerprint density at radius 2 is 2.06 bits per heavy atom. The highest BCUT2D eigenvalue weighted by molar-refractivity contribution is 14.1. The summed E-state index contributed by atoms with van der Waals surface area (Å²) in [6.07, 6.45) is 1.51. The maximum Gasteiger partial charge on any atom is 0.338 e. The van der Waals surface area contributed by atoms with E-state index in [2.05, 4.69) is 20.9 Å². The summed E-state index contributed by atoms with van der Waals surface area (Å²) in [5.41, 5.74) is 0.937. The molecule has 3 aromatic rings. The first kappa shape index (κ1) is 25.3. The van der Waals surface area contributed by atoms with Crippen molar-refractivity contribution in [3.05, 3.63) is 96.6 Å². The molecule has 2 heterocycles. The molecule has 0 spiro atoms. The van der Waals surface area contributed by atoms with Crippen LogP contribution in [0.15, 0.2) is 61.9 Å².